The van der Waals surface area contributed by atoms with Crippen LogP contribution < -0.4 is 18.9 Å². The highest BCUT2D eigenvalue weighted by molar-refractivity contribution is 6.04. The average Bonchev–Trinajstić information content (AvgIpc) is 2.86. The van der Waals surface area contributed by atoms with E-state index >= 15 is 0 Å². The maximum Gasteiger partial charge on any atom is 0.573 e. The fraction of sp³-hybridized carbons (Fsp3) is 0.179. The summed E-state index contributed by atoms with van der Waals surface area (Å²) in [6.45, 7) is 0. The number of rotatable bonds is 10. The monoisotopic (exact) mass is 498 g/mol. The van der Waals surface area contributed by atoms with Crippen molar-refractivity contribution in [1.29, 1.82) is 0 Å². The van der Waals surface area contributed by atoms with Gasteiger partial charge < -0.3 is 18.9 Å². The highest BCUT2D eigenvalue weighted by atomic mass is 19.4. The van der Waals surface area contributed by atoms with Crippen molar-refractivity contribution in [3.8, 4) is 23.0 Å². The van der Waals surface area contributed by atoms with E-state index in [2.05, 4.69) is 4.74 Å². The minimum atomic E-state index is -4.77. The van der Waals surface area contributed by atoms with Crippen LogP contribution in [0.3, 0.4) is 0 Å². The number of carbonyl (C=O) groups is 1. The molecule has 0 bridgehead atoms. The van der Waals surface area contributed by atoms with E-state index in [1.807, 2.05) is 48.6 Å². The molecule has 0 aliphatic heterocycles. The summed E-state index contributed by atoms with van der Waals surface area (Å²) in [6, 6.07) is 16.3. The molecule has 0 heterocycles. The summed E-state index contributed by atoms with van der Waals surface area (Å²) in [7, 11) is 4.68. The zero-order chi connectivity index (χ0) is 26.1. The standard InChI is InChI=1S/C28H25F3O5/c1-33-25-17-21(18-26(34-2)27(25)35-3)12-11-20-9-7-19(8-10-20)5-4-6-24(32)22-13-15-23(16-14-22)36-28(29,30)31/h4,6-18H,5H2,1-3H3/b6-4-,12-11-. The molecule has 3 aromatic rings. The van der Waals surface area contributed by atoms with E-state index in [1.165, 1.54) is 18.2 Å². The summed E-state index contributed by atoms with van der Waals surface area (Å²) in [6.07, 6.45) is 2.76. The lowest BCUT2D eigenvalue weighted by Crippen LogP contribution is -2.17. The number of carbonyl (C=O) groups excluding carboxylic acids is 1. The molecule has 0 spiro atoms. The number of alkyl halides is 3. The molecule has 5 nitrogen and oxygen atoms in total. The molecule has 0 saturated heterocycles. The Labute approximate surface area is 207 Å². The topological polar surface area (TPSA) is 54.0 Å². The first-order chi connectivity index (χ1) is 17.2. The molecule has 3 rings (SSSR count). The highest BCUT2D eigenvalue weighted by Gasteiger charge is 2.31. The van der Waals surface area contributed by atoms with Gasteiger partial charge in [0.25, 0.3) is 0 Å². The van der Waals surface area contributed by atoms with Gasteiger partial charge in [0.1, 0.15) is 5.75 Å². The summed E-state index contributed by atoms with van der Waals surface area (Å²) in [5.41, 5.74) is 3.13. The van der Waals surface area contributed by atoms with E-state index in [-0.39, 0.29) is 17.1 Å². The van der Waals surface area contributed by atoms with E-state index in [9.17, 15) is 18.0 Å². The van der Waals surface area contributed by atoms with Crippen LogP contribution in [0, 0.1) is 0 Å². The van der Waals surface area contributed by atoms with Gasteiger partial charge in [0.15, 0.2) is 17.3 Å². The maximum atomic E-state index is 12.3. The Kier molecular flexibility index (Phi) is 8.78. The van der Waals surface area contributed by atoms with Crippen LogP contribution in [0.1, 0.15) is 27.0 Å². The van der Waals surface area contributed by atoms with Crippen molar-refractivity contribution < 1.29 is 36.9 Å². The van der Waals surface area contributed by atoms with Crippen LogP contribution in [-0.4, -0.2) is 33.5 Å². The lowest BCUT2D eigenvalue weighted by Gasteiger charge is -2.12. The first-order valence-corrected chi connectivity index (χ1v) is 10.9. The molecular formula is C28H25F3O5. The van der Waals surface area contributed by atoms with Gasteiger partial charge in [-0.05, 0) is 65.6 Å². The fourth-order valence-corrected chi connectivity index (χ4v) is 3.37. The second kappa shape index (κ2) is 12.0. The van der Waals surface area contributed by atoms with E-state index < -0.39 is 6.36 Å². The first kappa shape index (κ1) is 26.4. The van der Waals surface area contributed by atoms with Crippen molar-refractivity contribution in [3.05, 3.63) is 95.1 Å². The molecule has 0 atom stereocenters. The number of methoxy groups -OCH3 is 3. The van der Waals surface area contributed by atoms with Crippen LogP contribution >= 0.6 is 0 Å². The SMILES string of the molecule is COc1cc(/C=C\c2ccc(C/C=C\C(=O)c3ccc(OC(F)(F)F)cc3)cc2)cc(OC)c1OC. The van der Waals surface area contributed by atoms with Crippen molar-refractivity contribution >= 4 is 17.9 Å². The largest absolute Gasteiger partial charge is 0.573 e. The number of allylic oxidation sites excluding steroid dienone is 2. The zero-order valence-electron chi connectivity index (χ0n) is 20.0. The molecule has 0 unspecified atom stereocenters. The predicted molar refractivity (Wildman–Crippen MR) is 132 cm³/mol. The third-order valence-electron chi connectivity index (χ3n) is 5.13. The lowest BCUT2D eigenvalue weighted by molar-refractivity contribution is -0.274. The fourth-order valence-electron chi connectivity index (χ4n) is 3.37. The molecule has 8 heteroatoms. The van der Waals surface area contributed by atoms with E-state index in [0.29, 0.717) is 23.7 Å². The van der Waals surface area contributed by atoms with Crippen molar-refractivity contribution in [3.63, 3.8) is 0 Å². The van der Waals surface area contributed by atoms with Crippen LogP contribution in [0.4, 0.5) is 13.2 Å². The van der Waals surface area contributed by atoms with Gasteiger partial charge in [-0.25, -0.2) is 0 Å². The Morgan fingerprint density at radius 1 is 0.806 bits per heavy atom. The van der Waals surface area contributed by atoms with E-state index in [0.717, 1.165) is 28.8 Å². The van der Waals surface area contributed by atoms with Crippen LogP contribution in [0.2, 0.25) is 0 Å². The molecule has 0 fully saturated rings. The van der Waals surface area contributed by atoms with Crippen LogP contribution in [0.15, 0.2) is 72.8 Å². The minimum Gasteiger partial charge on any atom is -0.493 e. The van der Waals surface area contributed by atoms with Gasteiger partial charge in [-0.2, -0.15) is 0 Å². The van der Waals surface area contributed by atoms with Crippen LogP contribution in [0.25, 0.3) is 12.2 Å². The number of hydrogen-bond acceptors (Lipinski definition) is 5. The summed E-state index contributed by atoms with van der Waals surface area (Å²) >= 11 is 0. The molecule has 0 saturated carbocycles. The number of ketones is 1. The number of ether oxygens (including phenoxy) is 4. The quantitative estimate of drug-likeness (QED) is 0.176. The number of benzene rings is 3. The maximum absolute atomic E-state index is 12.3. The molecule has 0 aliphatic carbocycles. The van der Waals surface area contributed by atoms with Gasteiger partial charge in [-0.15, -0.1) is 13.2 Å². The van der Waals surface area contributed by atoms with Gasteiger partial charge in [0.2, 0.25) is 5.75 Å². The van der Waals surface area contributed by atoms with Crippen LogP contribution in [0.5, 0.6) is 23.0 Å². The molecule has 36 heavy (non-hydrogen) atoms. The second-order valence-electron chi connectivity index (χ2n) is 7.58. The Morgan fingerprint density at radius 2 is 1.39 bits per heavy atom. The summed E-state index contributed by atoms with van der Waals surface area (Å²) in [5.74, 6) is 0.985. The van der Waals surface area contributed by atoms with Crippen LogP contribution in [-0.2, 0) is 6.42 Å². The van der Waals surface area contributed by atoms with Crippen molar-refractivity contribution in [1.82, 2.24) is 0 Å². The third-order valence-corrected chi connectivity index (χ3v) is 5.13. The Morgan fingerprint density at radius 3 is 1.92 bits per heavy atom. The summed E-state index contributed by atoms with van der Waals surface area (Å²) < 4.78 is 56.6. The molecular weight excluding hydrogens is 473 g/mol. The number of hydrogen-bond donors (Lipinski definition) is 0. The van der Waals surface area contributed by atoms with Gasteiger partial charge in [0.05, 0.1) is 21.3 Å². The van der Waals surface area contributed by atoms with Gasteiger partial charge in [0, 0.05) is 5.56 Å². The van der Waals surface area contributed by atoms with E-state index in [4.69, 9.17) is 14.2 Å². The van der Waals surface area contributed by atoms with E-state index in [1.54, 1.807) is 27.4 Å². The van der Waals surface area contributed by atoms with Gasteiger partial charge in [-0.3, -0.25) is 4.79 Å². The Balaban J connectivity index is 1.59. The van der Waals surface area contributed by atoms with Crippen molar-refractivity contribution in [2.45, 2.75) is 12.8 Å². The smallest absolute Gasteiger partial charge is 0.493 e. The first-order valence-electron chi connectivity index (χ1n) is 10.9. The normalized spacial score (nSPS) is 11.6. The average molecular weight is 498 g/mol. The molecule has 3 aromatic carbocycles. The van der Waals surface area contributed by atoms with Crippen molar-refractivity contribution in [2.75, 3.05) is 21.3 Å². The van der Waals surface area contributed by atoms with Crippen molar-refractivity contribution in [2.24, 2.45) is 0 Å². The third kappa shape index (κ3) is 7.40. The number of halogens is 3. The molecule has 188 valence electrons. The summed E-state index contributed by atoms with van der Waals surface area (Å²) in [4.78, 5) is 12.3. The molecule has 0 N–H and O–H groups in total. The predicted octanol–water partition coefficient (Wildman–Crippen LogP) is 6.76. The Hall–Kier alpha value is -4.20. The van der Waals surface area contributed by atoms with Gasteiger partial charge in [-0.1, -0.05) is 42.5 Å². The lowest BCUT2D eigenvalue weighted by atomic mass is 10.1. The minimum absolute atomic E-state index is 0.271. The second-order valence-corrected chi connectivity index (χ2v) is 7.58. The zero-order valence-corrected chi connectivity index (χ0v) is 20.0. The van der Waals surface area contributed by atoms with Gasteiger partial charge >= 0.3 is 6.36 Å². The molecule has 0 aliphatic rings. The molecule has 0 amide bonds. The molecule has 0 aromatic heterocycles. The Bertz CT molecular complexity index is 1200. The molecule has 0 radical (unpaired) electrons. The highest BCUT2D eigenvalue weighted by Crippen LogP contribution is 2.38. The summed E-state index contributed by atoms with van der Waals surface area (Å²) in [5, 5.41) is 0.